The molecule has 1 aromatic rings. The fourth-order valence-electron chi connectivity index (χ4n) is 2.68. The zero-order chi connectivity index (χ0) is 15.6. The van der Waals surface area contributed by atoms with Crippen molar-refractivity contribution in [3.05, 3.63) is 23.8 Å². The Bertz CT molecular complexity index is 557. The molecule has 6 heteroatoms. The van der Waals surface area contributed by atoms with Gasteiger partial charge in [-0.15, -0.1) is 0 Å². The van der Waals surface area contributed by atoms with E-state index in [0.29, 0.717) is 23.6 Å². The van der Waals surface area contributed by atoms with Gasteiger partial charge in [-0.25, -0.2) is 0 Å². The molecule has 2 unspecified atom stereocenters. The van der Waals surface area contributed by atoms with Gasteiger partial charge in [0.25, 0.3) is 5.91 Å². The van der Waals surface area contributed by atoms with Crippen LogP contribution in [0.2, 0.25) is 0 Å². The third-order valence-electron chi connectivity index (χ3n) is 3.85. The van der Waals surface area contributed by atoms with Gasteiger partial charge >= 0.3 is 5.97 Å². The van der Waals surface area contributed by atoms with Crippen LogP contribution in [-0.4, -0.2) is 49.2 Å². The molecule has 0 aliphatic carbocycles. The minimum Gasteiger partial charge on any atom is -0.493 e. The van der Waals surface area contributed by atoms with Gasteiger partial charge in [0.15, 0.2) is 11.5 Å². The fourth-order valence-corrected chi connectivity index (χ4v) is 2.68. The van der Waals surface area contributed by atoms with Gasteiger partial charge in [0.1, 0.15) is 0 Å². The maximum Gasteiger partial charge on any atom is 0.308 e. The Balaban J connectivity index is 2.27. The zero-order valence-electron chi connectivity index (χ0n) is 12.3. The first-order valence-corrected chi connectivity index (χ1v) is 6.72. The van der Waals surface area contributed by atoms with Crippen LogP contribution >= 0.6 is 0 Å². The van der Waals surface area contributed by atoms with Crippen LogP contribution in [0.25, 0.3) is 0 Å². The number of carboxylic acids is 1. The second-order valence-electron chi connectivity index (χ2n) is 5.17. The quantitative estimate of drug-likeness (QED) is 0.910. The summed E-state index contributed by atoms with van der Waals surface area (Å²) in [6, 6.07) is 5.08. The van der Waals surface area contributed by atoms with E-state index < -0.39 is 11.9 Å². The highest BCUT2D eigenvalue weighted by molar-refractivity contribution is 5.98. The molecule has 0 spiro atoms. The summed E-state index contributed by atoms with van der Waals surface area (Å²) in [4.78, 5) is 25.3. The van der Waals surface area contributed by atoms with E-state index in [-0.39, 0.29) is 18.4 Å². The predicted molar refractivity (Wildman–Crippen MR) is 75.7 cm³/mol. The molecule has 1 N–H and O–H groups in total. The molecule has 1 aliphatic heterocycles. The normalized spacial score (nSPS) is 21.2. The van der Waals surface area contributed by atoms with Crippen molar-refractivity contribution in [1.82, 2.24) is 4.90 Å². The number of hydrogen-bond donors (Lipinski definition) is 1. The second-order valence-corrected chi connectivity index (χ2v) is 5.17. The number of methoxy groups -OCH3 is 2. The molecule has 1 saturated heterocycles. The lowest BCUT2D eigenvalue weighted by atomic mass is 9.99. The smallest absolute Gasteiger partial charge is 0.308 e. The van der Waals surface area contributed by atoms with Gasteiger partial charge in [0, 0.05) is 13.1 Å². The van der Waals surface area contributed by atoms with E-state index in [9.17, 15) is 9.59 Å². The summed E-state index contributed by atoms with van der Waals surface area (Å²) >= 11 is 0. The van der Waals surface area contributed by atoms with Gasteiger partial charge in [-0.2, -0.15) is 0 Å². The Kier molecular flexibility index (Phi) is 4.35. The van der Waals surface area contributed by atoms with E-state index in [1.54, 1.807) is 23.1 Å². The molecule has 0 radical (unpaired) electrons. The molecule has 1 fully saturated rings. The fraction of sp³-hybridized carbons (Fsp3) is 0.467. The van der Waals surface area contributed by atoms with E-state index in [4.69, 9.17) is 14.6 Å². The number of amides is 1. The number of ether oxygens (including phenoxy) is 2. The van der Waals surface area contributed by atoms with Crippen LogP contribution in [0.15, 0.2) is 18.2 Å². The second kappa shape index (κ2) is 6.03. The van der Waals surface area contributed by atoms with E-state index in [0.717, 1.165) is 0 Å². The molecule has 1 heterocycles. The van der Waals surface area contributed by atoms with Crippen molar-refractivity contribution >= 4 is 11.9 Å². The third-order valence-corrected chi connectivity index (χ3v) is 3.85. The summed E-state index contributed by atoms with van der Waals surface area (Å²) in [6.45, 7) is 2.49. The Labute approximate surface area is 123 Å². The van der Waals surface area contributed by atoms with Crippen LogP contribution in [-0.2, 0) is 4.79 Å². The van der Waals surface area contributed by atoms with Crippen LogP contribution in [0, 0.1) is 11.8 Å². The molecule has 0 aromatic heterocycles. The zero-order valence-corrected chi connectivity index (χ0v) is 12.3. The van der Waals surface area contributed by atoms with Crippen molar-refractivity contribution in [2.75, 3.05) is 27.3 Å². The summed E-state index contributed by atoms with van der Waals surface area (Å²) in [7, 11) is 2.98. The summed E-state index contributed by atoms with van der Waals surface area (Å²) in [6.07, 6.45) is 0. The molecule has 1 aliphatic rings. The number of rotatable bonds is 4. The van der Waals surface area contributed by atoms with Crippen molar-refractivity contribution in [3.63, 3.8) is 0 Å². The maximum atomic E-state index is 12.6. The molecule has 21 heavy (non-hydrogen) atoms. The van der Waals surface area contributed by atoms with Gasteiger partial charge < -0.3 is 19.5 Å². The van der Waals surface area contributed by atoms with Crippen molar-refractivity contribution < 1.29 is 24.2 Å². The van der Waals surface area contributed by atoms with Gasteiger partial charge in [-0.3, -0.25) is 9.59 Å². The first kappa shape index (κ1) is 15.2. The highest BCUT2D eigenvalue weighted by atomic mass is 16.5. The highest BCUT2D eigenvalue weighted by Crippen LogP contribution is 2.33. The third kappa shape index (κ3) is 2.79. The molecule has 0 bridgehead atoms. The Hall–Kier alpha value is -2.24. The van der Waals surface area contributed by atoms with Gasteiger partial charge in [0.05, 0.1) is 25.7 Å². The molecule has 0 saturated carbocycles. The van der Waals surface area contributed by atoms with Crippen LogP contribution in [0.5, 0.6) is 11.5 Å². The minimum atomic E-state index is -0.865. The average Bonchev–Trinajstić information content (AvgIpc) is 2.87. The number of benzene rings is 1. The number of likely N-dealkylation sites (tertiary alicyclic amines) is 1. The van der Waals surface area contributed by atoms with Gasteiger partial charge in [0.2, 0.25) is 0 Å². The molecule has 2 atom stereocenters. The Morgan fingerprint density at radius 3 is 2.48 bits per heavy atom. The van der Waals surface area contributed by atoms with Crippen LogP contribution < -0.4 is 9.47 Å². The highest BCUT2D eigenvalue weighted by Gasteiger charge is 2.38. The lowest BCUT2D eigenvalue weighted by Crippen LogP contribution is -2.30. The molecule has 6 nitrogen and oxygen atoms in total. The monoisotopic (exact) mass is 293 g/mol. The SMILES string of the molecule is COc1cccc(C(=O)N2CC(C)C(C(=O)O)C2)c1OC. The Morgan fingerprint density at radius 1 is 1.24 bits per heavy atom. The van der Waals surface area contributed by atoms with Crippen molar-refractivity contribution in [2.24, 2.45) is 11.8 Å². The lowest BCUT2D eigenvalue weighted by molar-refractivity contribution is -0.142. The number of para-hydroxylation sites is 1. The van der Waals surface area contributed by atoms with Crippen molar-refractivity contribution in [3.8, 4) is 11.5 Å². The van der Waals surface area contributed by atoms with Crippen LogP contribution in [0.1, 0.15) is 17.3 Å². The van der Waals surface area contributed by atoms with E-state index in [1.165, 1.54) is 14.2 Å². The minimum absolute atomic E-state index is 0.0666. The molecular formula is C15H19NO5. The van der Waals surface area contributed by atoms with E-state index >= 15 is 0 Å². The molecule has 1 amide bonds. The lowest BCUT2D eigenvalue weighted by Gasteiger charge is -2.18. The van der Waals surface area contributed by atoms with Gasteiger partial charge in [-0.05, 0) is 18.1 Å². The topological polar surface area (TPSA) is 76.1 Å². The standard InChI is InChI=1S/C15H19NO5/c1-9-7-16(8-11(9)15(18)19)14(17)10-5-4-6-12(20-2)13(10)21-3/h4-6,9,11H,7-8H2,1-3H3,(H,18,19). The summed E-state index contributed by atoms with van der Waals surface area (Å²) < 4.78 is 10.4. The van der Waals surface area contributed by atoms with Gasteiger partial charge in [-0.1, -0.05) is 13.0 Å². The first-order chi connectivity index (χ1) is 9.99. The van der Waals surface area contributed by atoms with E-state index in [2.05, 4.69) is 0 Å². The van der Waals surface area contributed by atoms with Crippen molar-refractivity contribution in [2.45, 2.75) is 6.92 Å². The maximum absolute atomic E-state index is 12.6. The number of aliphatic carboxylic acids is 1. The van der Waals surface area contributed by atoms with E-state index in [1.807, 2.05) is 6.92 Å². The molecule has 2 rings (SSSR count). The number of hydrogen-bond acceptors (Lipinski definition) is 4. The molecule has 114 valence electrons. The largest absolute Gasteiger partial charge is 0.493 e. The predicted octanol–water partition coefficient (Wildman–Crippen LogP) is 1.50. The number of carboxylic acid groups (broad SMARTS) is 1. The molecule has 1 aromatic carbocycles. The van der Waals surface area contributed by atoms with Crippen molar-refractivity contribution in [1.29, 1.82) is 0 Å². The number of carbonyl (C=O) groups is 2. The number of nitrogens with zero attached hydrogens (tertiary/aromatic N) is 1. The summed E-state index contributed by atoms with van der Waals surface area (Å²) in [5.41, 5.74) is 0.384. The van der Waals surface area contributed by atoms with Crippen LogP contribution in [0.4, 0.5) is 0 Å². The Morgan fingerprint density at radius 2 is 1.95 bits per heavy atom. The first-order valence-electron chi connectivity index (χ1n) is 6.72. The molecular weight excluding hydrogens is 274 g/mol. The van der Waals surface area contributed by atoms with Crippen LogP contribution in [0.3, 0.4) is 0 Å². The summed E-state index contributed by atoms with van der Waals surface area (Å²) in [5, 5.41) is 9.15. The average molecular weight is 293 g/mol. The number of carbonyl (C=O) groups excluding carboxylic acids is 1. The summed E-state index contributed by atoms with van der Waals surface area (Å²) in [5.74, 6) is -0.841.